The van der Waals surface area contributed by atoms with Crippen molar-refractivity contribution in [2.45, 2.75) is 6.42 Å². The highest BCUT2D eigenvalue weighted by Gasteiger charge is 2.12. The first-order chi connectivity index (χ1) is 9.61. The zero-order valence-electron chi connectivity index (χ0n) is 10.7. The van der Waals surface area contributed by atoms with Crippen molar-refractivity contribution in [2.75, 3.05) is 0 Å². The third-order valence-electron chi connectivity index (χ3n) is 2.95. The van der Waals surface area contributed by atoms with E-state index >= 15 is 0 Å². The monoisotopic (exact) mass is 270 g/mol. The maximum Gasteiger partial charge on any atom is 0.248 e. The smallest absolute Gasteiger partial charge is 0.248 e. The molecular weight excluding hydrogens is 256 g/mol. The Morgan fingerprint density at radius 3 is 2.40 bits per heavy atom. The summed E-state index contributed by atoms with van der Waals surface area (Å²) in [7, 11) is 0. The molecular formula is C15H14N2O3. The van der Waals surface area contributed by atoms with Crippen LogP contribution < -0.4 is 11.2 Å². The van der Waals surface area contributed by atoms with Gasteiger partial charge < -0.3 is 5.73 Å². The molecule has 0 saturated carbocycles. The highest BCUT2D eigenvalue weighted by Crippen LogP contribution is 2.25. The quantitative estimate of drug-likeness (QED) is 0.580. The molecule has 0 heterocycles. The highest BCUT2D eigenvalue weighted by molar-refractivity contribution is 5.94. The average Bonchev–Trinajstić information content (AvgIpc) is 2.47. The van der Waals surface area contributed by atoms with E-state index in [0.717, 1.165) is 11.1 Å². The van der Waals surface area contributed by atoms with Gasteiger partial charge in [-0.05, 0) is 28.8 Å². The lowest BCUT2D eigenvalue weighted by atomic mass is 9.95. The molecule has 0 saturated heterocycles. The van der Waals surface area contributed by atoms with Crippen LogP contribution in [0.5, 0.6) is 0 Å². The van der Waals surface area contributed by atoms with E-state index in [-0.39, 0.29) is 6.42 Å². The lowest BCUT2D eigenvalue weighted by Gasteiger charge is -2.10. The van der Waals surface area contributed by atoms with Crippen molar-refractivity contribution >= 4 is 11.8 Å². The minimum Gasteiger partial charge on any atom is -0.366 e. The molecule has 102 valence electrons. The van der Waals surface area contributed by atoms with Gasteiger partial charge in [0.15, 0.2) is 0 Å². The predicted octanol–water partition coefficient (Wildman–Crippen LogP) is 1.50. The van der Waals surface area contributed by atoms with E-state index in [0.29, 0.717) is 11.1 Å². The van der Waals surface area contributed by atoms with Gasteiger partial charge in [-0.2, -0.15) is 0 Å². The minimum absolute atomic E-state index is 0.0398. The van der Waals surface area contributed by atoms with E-state index in [1.807, 2.05) is 30.3 Å². The molecule has 0 aliphatic carbocycles. The Kier molecular flexibility index (Phi) is 4.12. The molecule has 0 radical (unpaired) electrons. The van der Waals surface area contributed by atoms with Gasteiger partial charge in [-0.15, -0.1) is 0 Å². The topological polar surface area (TPSA) is 92.4 Å². The number of rotatable bonds is 4. The van der Waals surface area contributed by atoms with Gasteiger partial charge in [0.25, 0.3) is 0 Å². The second kappa shape index (κ2) is 5.99. The summed E-state index contributed by atoms with van der Waals surface area (Å²) in [5, 5.41) is 8.64. The summed E-state index contributed by atoms with van der Waals surface area (Å²) in [6.45, 7) is 0. The van der Waals surface area contributed by atoms with Crippen LogP contribution in [0.2, 0.25) is 0 Å². The molecule has 0 spiro atoms. The molecule has 0 aliphatic heterocycles. The van der Waals surface area contributed by atoms with E-state index in [2.05, 4.69) is 0 Å². The molecule has 5 nitrogen and oxygen atoms in total. The van der Waals surface area contributed by atoms with Crippen LogP contribution in [0.1, 0.15) is 15.9 Å². The number of hydroxylamine groups is 1. The molecule has 2 rings (SSSR count). The molecule has 0 atom stereocenters. The maximum atomic E-state index is 11.4. The summed E-state index contributed by atoms with van der Waals surface area (Å²) in [5.74, 6) is -1.11. The molecule has 5 heteroatoms. The largest absolute Gasteiger partial charge is 0.366 e. The van der Waals surface area contributed by atoms with Crippen LogP contribution in [-0.2, 0) is 11.2 Å². The summed E-state index contributed by atoms with van der Waals surface area (Å²) in [6.07, 6.45) is -0.0398. The van der Waals surface area contributed by atoms with Gasteiger partial charge in [0.05, 0.1) is 6.42 Å². The van der Waals surface area contributed by atoms with Gasteiger partial charge in [-0.25, -0.2) is 5.48 Å². The first-order valence-electron chi connectivity index (χ1n) is 6.03. The Balaban J connectivity index is 2.50. The molecule has 20 heavy (non-hydrogen) atoms. The standard InChI is InChI=1S/C15H14N2O3/c16-15(19)11-6-7-13(10-4-2-1-3-5-10)12(8-11)9-14(18)17-20/h1-8,20H,9H2,(H2,16,19)(H,17,18). The SMILES string of the molecule is NC(=O)c1ccc(-c2ccccc2)c(CC(=O)NO)c1. The number of amides is 2. The molecule has 2 aromatic carbocycles. The van der Waals surface area contributed by atoms with Crippen LogP contribution >= 0.6 is 0 Å². The van der Waals surface area contributed by atoms with Crippen LogP contribution in [0.15, 0.2) is 48.5 Å². The summed E-state index contributed by atoms with van der Waals surface area (Å²) in [6, 6.07) is 14.4. The van der Waals surface area contributed by atoms with Crippen LogP contribution in [0.4, 0.5) is 0 Å². The molecule has 0 fully saturated rings. The van der Waals surface area contributed by atoms with Gasteiger partial charge in [-0.3, -0.25) is 14.8 Å². The molecule has 0 bridgehead atoms. The summed E-state index contributed by atoms with van der Waals surface area (Å²) in [5.41, 5.74) is 9.52. The number of hydrogen-bond acceptors (Lipinski definition) is 3. The Bertz CT molecular complexity index is 639. The van der Waals surface area contributed by atoms with Gasteiger partial charge in [-0.1, -0.05) is 36.4 Å². The van der Waals surface area contributed by atoms with E-state index in [4.69, 9.17) is 10.9 Å². The number of hydrogen-bond donors (Lipinski definition) is 3. The second-order valence-electron chi connectivity index (χ2n) is 4.31. The first-order valence-corrected chi connectivity index (χ1v) is 6.03. The molecule has 2 amide bonds. The molecule has 0 aliphatic rings. The van der Waals surface area contributed by atoms with Gasteiger partial charge >= 0.3 is 0 Å². The average molecular weight is 270 g/mol. The summed E-state index contributed by atoms with van der Waals surface area (Å²) in [4.78, 5) is 22.6. The van der Waals surface area contributed by atoms with Crippen molar-refractivity contribution in [3.05, 3.63) is 59.7 Å². The van der Waals surface area contributed by atoms with Crippen LogP contribution in [0.25, 0.3) is 11.1 Å². The molecule has 0 unspecified atom stereocenters. The van der Waals surface area contributed by atoms with Crippen molar-refractivity contribution in [3.8, 4) is 11.1 Å². The minimum atomic E-state index is -0.560. The molecule has 2 aromatic rings. The zero-order valence-corrected chi connectivity index (χ0v) is 10.7. The van der Waals surface area contributed by atoms with Crippen molar-refractivity contribution in [2.24, 2.45) is 5.73 Å². The van der Waals surface area contributed by atoms with Crippen molar-refractivity contribution in [3.63, 3.8) is 0 Å². The Hall–Kier alpha value is -2.66. The molecule has 0 aromatic heterocycles. The van der Waals surface area contributed by atoms with Crippen molar-refractivity contribution in [1.82, 2.24) is 5.48 Å². The van der Waals surface area contributed by atoms with E-state index < -0.39 is 11.8 Å². The van der Waals surface area contributed by atoms with Crippen molar-refractivity contribution < 1.29 is 14.8 Å². The van der Waals surface area contributed by atoms with Crippen LogP contribution in [0, 0.1) is 0 Å². The zero-order chi connectivity index (χ0) is 14.5. The third-order valence-corrected chi connectivity index (χ3v) is 2.95. The summed E-state index contributed by atoms with van der Waals surface area (Å²) >= 11 is 0. The van der Waals surface area contributed by atoms with Crippen LogP contribution in [-0.4, -0.2) is 17.0 Å². The predicted molar refractivity (Wildman–Crippen MR) is 74.0 cm³/mol. The normalized spacial score (nSPS) is 10.1. The Morgan fingerprint density at radius 1 is 1.10 bits per heavy atom. The number of primary amides is 1. The third kappa shape index (κ3) is 3.02. The van der Waals surface area contributed by atoms with Gasteiger partial charge in [0.1, 0.15) is 0 Å². The number of carbonyl (C=O) groups is 2. The number of nitrogens with one attached hydrogen (secondary N) is 1. The Morgan fingerprint density at radius 2 is 1.80 bits per heavy atom. The Labute approximate surface area is 116 Å². The van der Waals surface area contributed by atoms with E-state index in [9.17, 15) is 9.59 Å². The summed E-state index contributed by atoms with van der Waals surface area (Å²) < 4.78 is 0. The van der Waals surface area contributed by atoms with Crippen LogP contribution in [0.3, 0.4) is 0 Å². The number of nitrogens with two attached hydrogens (primary N) is 1. The number of carbonyl (C=O) groups excluding carboxylic acids is 2. The first kappa shape index (κ1) is 13.8. The van der Waals surface area contributed by atoms with Crippen molar-refractivity contribution in [1.29, 1.82) is 0 Å². The van der Waals surface area contributed by atoms with Gasteiger partial charge in [0.2, 0.25) is 11.8 Å². The fourth-order valence-electron chi connectivity index (χ4n) is 2.01. The number of benzene rings is 2. The van der Waals surface area contributed by atoms with E-state index in [1.165, 1.54) is 0 Å². The second-order valence-corrected chi connectivity index (χ2v) is 4.31. The lowest BCUT2D eigenvalue weighted by molar-refractivity contribution is -0.128. The highest BCUT2D eigenvalue weighted by atomic mass is 16.5. The molecule has 4 N–H and O–H groups in total. The fourth-order valence-corrected chi connectivity index (χ4v) is 2.01. The maximum absolute atomic E-state index is 11.4. The lowest BCUT2D eigenvalue weighted by Crippen LogP contribution is -2.21. The van der Waals surface area contributed by atoms with E-state index in [1.54, 1.807) is 23.7 Å². The van der Waals surface area contributed by atoms with Gasteiger partial charge in [0, 0.05) is 5.56 Å². The fraction of sp³-hybridized carbons (Fsp3) is 0.0667.